The fraction of sp³-hybridized carbons (Fsp3) is 0.200. The van der Waals surface area contributed by atoms with Crippen LogP contribution in [0.25, 0.3) is 0 Å². The number of carbonyl (C=O) groups excluding carboxylic acids is 4. The summed E-state index contributed by atoms with van der Waals surface area (Å²) < 4.78 is 58.1. The van der Waals surface area contributed by atoms with Gasteiger partial charge in [-0.05, 0) is 123 Å². The Bertz CT molecular complexity index is 1990. The molecule has 0 fully saturated rings. The number of ether oxygens (including phenoxy) is 6. The average Bonchev–Trinajstić information content (AvgIpc) is 3.10. The van der Waals surface area contributed by atoms with Crippen LogP contribution in [0, 0.1) is 13.8 Å². The second kappa shape index (κ2) is 17.8. The molecular formula is C40H38O12S. The molecule has 0 radical (unpaired) electrons. The molecule has 0 aliphatic rings. The maximum Gasteiger partial charge on any atom is 0.335 e. The Kier molecular flexibility index (Phi) is 13.3. The Balaban J connectivity index is 1.28. The topological polar surface area (TPSA) is 158 Å². The molecule has 0 heterocycles. The Labute approximate surface area is 307 Å². The van der Waals surface area contributed by atoms with Crippen LogP contribution in [-0.2, 0) is 51.3 Å². The van der Waals surface area contributed by atoms with Gasteiger partial charge in [-0.2, -0.15) is 0 Å². The van der Waals surface area contributed by atoms with Crippen molar-refractivity contribution >= 4 is 33.7 Å². The molecule has 12 nitrogen and oxygen atoms in total. The summed E-state index contributed by atoms with van der Waals surface area (Å²) in [4.78, 5) is 48.2. The van der Waals surface area contributed by atoms with E-state index in [1.807, 2.05) is 0 Å². The van der Waals surface area contributed by atoms with E-state index >= 15 is 0 Å². The lowest BCUT2D eigenvalue weighted by atomic mass is 10.1. The number of benzene rings is 4. The SMILES string of the molecule is C=C(C)C(=O)OCOc1ccc(CC(=O)Oc2ccc(S(=O)(=O)c3ccc(OC(=O)Cc4ccc(OCOC(=O)C(=C)C)cc4C)cc3)cc2)c(C)c1. The van der Waals surface area contributed by atoms with Crippen LogP contribution in [0.1, 0.15) is 36.1 Å². The highest BCUT2D eigenvalue weighted by atomic mass is 32.2. The van der Waals surface area contributed by atoms with Crippen LogP contribution in [0.15, 0.2) is 119 Å². The Morgan fingerprint density at radius 2 is 0.887 bits per heavy atom. The van der Waals surface area contributed by atoms with Gasteiger partial charge in [-0.25, -0.2) is 18.0 Å². The number of rotatable bonds is 16. The van der Waals surface area contributed by atoms with Gasteiger partial charge in [0.1, 0.15) is 23.0 Å². The molecule has 0 saturated heterocycles. The van der Waals surface area contributed by atoms with Gasteiger partial charge < -0.3 is 28.4 Å². The zero-order valence-electron chi connectivity index (χ0n) is 29.6. The van der Waals surface area contributed by atoms with Crippen LogP contribution < -0.4 is 18.9 Å². The van der Waals surface area contributed by atoms with Gasteiger partial charge in [-0.1, -0.05) is 25.3 Å². The van der Waals surface area contributed by atoms with Gasteiger partial charge in [-0.3, -0.25) is 9.59 Å². The molecule has 0 amide bonds. The second-order valence-corrected chi connectivity index (χ2v) is 13.8. The number of sulfone groups is 1. The van der Waals surface area contributed by atoms with Crippen molar-refractivity contribution in [2.75, 3.05) is 13.6 Å². The number of hydrogen-bond acceptors (Lipinski definition) is 12. The first-order chi connectivity index (χ1) is 25.1. The van der Waals surface area contributed by atoms with Crippen molar-refractivity contribution in [2.24, 2.45) is 0 Å². The van der Waals surface area contributed by atoms with E-state index in [-0.39, 0.29) is 58.9 Å². The minimum atomic E-state index is -3.95. The fourth-order valence-electron chi connectivity index (χ4n) is 4.62. The van der Waals surface area contributed by atoms with E-state index in [0.29, 0.717) is 22.6 Å². The van der Waals surface area contributed by atoms with Crippen molar-refractivity contribution in [3.05, 3.63) is 131 Å². The average molecular weight is 743 g/mol. The summed E-state index contributed by atoms with van der Waals surface area (Å²) in [5.74, 6) is -1.03. The van der Waals surface area contributed by atoms with Gasteiger partial charge in [0.25, 0.3) is 0 Å². The normalized spacial score (nSPS) is 10.8. The van der Waals surface area contributed by atoms with Gasteiger partial charge in [0.05, 0.1) is 22.6 Å². The van der Waals surface area contributed by atoms with E-state index in [9.17, 15) is 27.6 Å². The van der Waals surface area contributed by atoms with E-state index in [0.717, 1.165) is 11.1 Å². The van der Waals surface area contributed by atoms with Crippen LogP contribution in [0.5, 0.6) is 23.0 Å². The molecule has 4 aromatic rings. The highest BCUT2D eigenvalue weighted by Crippen LogP contribution is 2.26. The fourth-order valence-corrected chi connectivity index (χ4v) is 5.88. The Hall–Kier alpha value is -6.21. The lowest BCUT2D eigenvalue weighted by Crippen LogP contribution is -2.13. The molecule has 0 spiro atoms. The van der Waals surface area contributed by atoms with Crippen LogP contribution in [0.2, 0.25) is 0 Å². The van der Waals surface area contributed by atoms with Gasteiger partial charge in [0, 0.05) is 11.1 Å². The van der Waals surface area contributed by atoms with Crippen molar-refractivity contribution in [2.45, 2.75) is 50.3 Å². The minimum Gasteiger partial charge on any atom is -0.457 e. The van der Waals surface area contributed by atoms with E-state index < -0.39 is 33.7 Å². The lowest BCUT2D eigenvalue weighted by molar-refractivity contribution is -0.146. The molecular weight excluding hydrogens is 704 g/mol. The van der Waals surface area contributed by atoms with Crippen LogP contribution in [0.3, 0.4) is 0 Å². The molecule has 13 heteroatoms. The van der Waals surface area contributed by atoms with Gasteiger partial charge in [0.2, 0.25) is 23.4 Å². The van der Waals surface area contributed by atoms with Crippen LogP contribution in [-0.4, -0.2) is 45.9 Å². The Morgan fingerprint density at radius 3 is 1.21 bits per heavy atom. The zero-order valence-corrected chi connectivity index (χ0v) is 30.4. The van der Waals surface area contributed by atoms with E-state index in [4.69, 9.17) is 28.4 Å². The van der Waals surface area contributed by atoms with Crippen molar-refractivity contribution in [3.63, 3.8) is 0 Å². The molecule has 4 rings (SSSR count). The summed E-state index contributed by atoms with van der Waals surface area (Å²) in [7, 11) is -3.95. The maximum atomic E-state index is 13.3. The van der Waals surface area contributed by atoms with Crippen molar-refractivity contribution in [1.82, 2.24) is 0 Å². The third-order valence-electron chi connectivity index (χ3n) is 7.56. The summed E-state index contributed by atoms with van der Waals surface area (Å²) in [5.41, 5.74) is 3.38. The summed E-state index contributed by atoms with van der Waals surface area (Å²) in [6.07, 6.45) is -0.101. The van der Waals surface area contributed by atoms with Crippen molar-refractivity contribution < 1.29 is 56.0 Å². The molecule has 0 unspecified atom stereocenters. The van der Waals surface area contributed by atoms with Crippen molar-refractivity contribution in [1.29, 1.82) is 0 Å². The largest absolute Gasteiger partial charge is 0.457 e. The second-order valence-electron chi connectivity index (χ2n) is 11.9. The molecule has 276 valence electrons. The third kappa shape index (κ3) is 11.4. The maximum absolute atomic E-state index is 13.3. The van der Waals surface area contributed by atoms with E-state index in [2.05, 4.69) is 13.2 Å². The summed E-state index contributed by atoms with van der Waals surface area (Å²) >= 11 is 0. The van der Waals surface area contributed by atoms with Gasteiger partial charge >= 0.3 is 23.9 Å². The molecule has 0 aliphatic carbocycles. The monoisotopic (exact) mass is 742 g/mol. The smallest absolute Gasteiger partial charge is 0.335 e. The molecule has 0 aliphatic heterocycles. The number of aryl methyl sites for hydroxylation is 2. The predicted octanol–water partition coefficient (Wildman–Crippen LogP) is 6.34. The molecule has 53 heavy (non-hydrogen) atoms. The van der Waals surface area contributed by atoms with E-state index in [1.54, 1.807) is 50.2 Å². The Morgan fingerprint density at radius 1 is 0.547 bits per heavy atom. The first-order valence-electron chi connectivity index (χ1n) is 16.1. The van der Waals surface area contributed by atoms with E-state index in [1.165, 1.54) is 62.4 Å². The molecule has 0 aromatic heterocycles. The predicted molar refractivity (Wildman–Crippen MR) is 192 cm³/mol. The zero-order chi connectivity index (χ0) is 38.7. The molecule has 0 saturated carbocycles. The number of carbonyl (C=O) groups is 4. The standard InChI is InChI=1S/C40H38O12S/c1-25(2)39(43)49-23-47-33-9-7-29(27(5)19-33)21-37(41)51-31-11-15-35(16-12-31)53(45,46)36-17-13-32(14-18-36)52-38(42)22-30-8-10-34(20-28(30)6)48-24-50-40(44)26(3)4/h7-20H,1,3,21-24H2,2,4-6H3. The minimum absolute atomic E-state index is 0.0284. The first kappa shape index (κ1) is 39.6. The lowest BCUT2D eigenvalue weighted by Gasteiger charge is -2.11. The highest BCUT2D eigenvalue weighted by molar-refractivity contribution is 7.91. The van der Waals surface area contributed by atoms with Crippen molar-refractivity contribution in [3.8, 4) is 23.0 Å². The molecule has 4 aromatic carbocycles. The summed E-state index contributed by atoms with van der Waals surface area (Å²) in [5, 5.41) is 0. The summed E-state index contributed by atoms with van der Waals surface area (Å²) in [6.45, 7) is 13.1. The number of hydrogen-bond donors (Lipinski definition) is 0. The van der Waals surface area contributed by atoms with Crippen LogP contribution >= 0.6 is 0 Å². The molecule has 0 N–H and O–H groups in total. The quantitative estimate of drug-likeness (QED) is 0.0544. The highest BCUT2D eigenvalue weighted by Gasteiger charge is 2.19. The van der Waals surface area contributed by atoms with Crippen LogP contribution in [0.4, 0.5) is 0 Å². The molecule has 0 bridgehead atoms. The number of esters is 4. The van der Waals surface area contributed by atoms with Gasteiger partial charge in [-0.15, -0.1) is 0 Å². The first-order valence-corrected chi connectivity index (χ1v) is 17.6. The third-order valence-corrected chi connectivity index (χ3v) is 9.34. The molecule has 0 atom stereocenters. The van der Waals surface area contributed by atoms with Gasteiger partial charge in [0.15, 0.2) is 0 Å². The summed E-state index contributed by atoms with van der Waals surface area (Å²) in [6, 6.07) is 20.9.